The Kier molecular flexibility index (Phi) is 13.8. The van der Waals surface area contributed by atoms with Crippen LogP contribution in [0, 0.1) is 17.8 Å². The number of nitrogens with one attached hydrogen (secondary N) is 1. The first kappa shape index (κ1) is 40.1. The molecule has 286 valence electrons. The molecule has 1 aromatic carbocycles. The van der Waals surface area contributed by atoms with Gasteiger partial charge in [-0.25, -0.2) is 0 Å². The summed E-state index contributed by atoms with van der Waals surface area (Å²) in [5, 5.41) is 13.8. The predicted molar refractivity (Wildman–Crippen MR) is 200 cm³/mol. The Morgan fingerprint density at radius 1 is 1.17 bits per heavy atom. The van der Waals surface area contributed by atoms with Crippen molar-refractivity contribution in [1.29, 1.82) is 0 Å². The number of fused-ring (bicyclic) bond motifs is 1. The number of benzene rings is 1. The summed E-state index contributed by atoms with van der Waals surface area (Å²) in [5.74, 6) is -3.71. The zero-order chi connectivity index (χ0) is 37.6. The molecule has 2 bridgehead atoms. The standard InChI is InChI=1S/C40H56BrN3O8/c1-6-9-20-31(46)42-29(24-50-5)34(26-16-12-10-13-17-26)51-39(49)32-33-37(47)44(30(23-45)25(4)8-3)36(40(33)22-28(41)35(32)52-40)38(48)43(21-7-2)27-18-14-11-15-19-27/h6-7,10,12-13,16-17,25,27-30,32-36,45H,1-2,8-9,11,14-15,18-24H2,3-5H3,(H,42,46)/t25-,28?,29-,30-,32-,33+,34-,35-,36-,40+/m0/s1. The van der Waals surface area contributed by atoms with E-state index in [2.05, 4.69) is 34.4 Å². The fourth-order valence-electron chi connectivity index (χ4n) is 9.02. The third kappa shape index (κ3) is 7.77. The average molecular weight is 787 g/mol. The van der Waals surface area contributed by atoms with Gasteiger partial charge in [0.2, 0.25) is 17.7 Å². The number of allylic oxidation sites excluding steroid dienone is 1. The molecule has 4 fully saturated rings. The molecule has 0 aromatic heterocycles. The van der Waals surface area contributed by atoms with E-state index in [-0.39, 0.29) is 54.1 Å². The second-order valence-electron chi connectivity index (χ2n) is 14.8. The van der Waals surface area contributed by atoms with E-state index in [1.54, 1.807) is 17.1 Å². The van der Waals surface area contributed by atoms with Gasteiger partial charge in [-0.15, -0.1) is 13.2 Å². The number of hydrogen-bond donors (Lipinski definition) is 2. The molecular formula is C40H56BrN3O8. The van der Waals surface area contributed by atoms with E-state index < -0.39 is 53.7 Å². The normalized spacial score (nSPS) is 29.1. The molecule has 3 aliphatic heterocycles. The number of rotatable bonds is 18. The maximum absolute atomic E-state index is 15.1. The van der Waals surface area contributed by atoms with Crippen LogP contribution in [0.25, 0.3) is 0 Å². The number of ether oxygens (including phenoxy) is 3. The Morgan fingerprint density at radius 2 is 1.88 bits per heavy atom. The lowest BCUT2D eigenvalue weighted by Gasteiger charge is -2.43. The Balaban J connectivity index is 1.55. The third-order valence-electron chi connectivity index (χ3n) is 11.7. The highest BCUT2D eigenvalue weighted by Gasteiger charge is 2.78. The van der Waals surface area contributed by atoms with Gasteiger partial charge in [-0.1, -0.05) is 97.9 Å². The fraction of sp³-hybridized carbons (Fsp3) is 0.650. The third-order valence-corrected chi connectivity index (χ3v) is 12.6. The number of aliphatic hydroxyl groups excluding tert-OH is 1. The minimum absolute atomic E-state index is 0.00648. The minimum atomic E-state index is -1.32. The van der Waals surface area contributed by atoms with Crippen molar-refractivity contribution in [2.24, 2.45) is 17.8 Å². The van der Waals surface area contributed by atoms with Crippen LogP contribution in [0.1, 0.15) is 83.3 Å². The van der Waals surface area contributed by atoms with E-state index in [4.69, 9.17) is 14.2 Å². The Morgan fingerprint density at radius 3 is 2.50 bits per heavy atom. The quantitative estimate of drug-likeness (QED) is 0.122. The molecule has 1 unspecified atom stereocenters. The van der Waals surface area contributed by atoms with E-state index >= 15 is 4.79 Å². The molecule has 2 N–H and O–H groups in total. The highest BCUT2D eigenvalue weighted by atomic mass is 79.9. The minimum Gasteiger partial charge on any atom is -0.455 e. The lowest BCUT2D eigenvalue weighted by molar-refractivity contribution is -0.164. The summed E-state index contributed by atoms with van der Waals surface area (Å²) in [6.07, 6.45) is 8.24. The molecule has 4 aliphatic rings. The summed E-state index contributed by atoms with van der Waals surface area (Å²) in [7, 11) is 1.51. The number of nitrogens with zero attached hydrogens (tertiary/aromatic N) is 2. The van der Waals surface area contributed by atoms with Crippen LogP contribution in [0.2, 0.25) is 0 Å². The highest BCUT2D eigenvalue weighted by Crippen LogP contribution is 2.61. The second kappa shape index (κ2) is 17.8. The molecule has 11 nitrogen and oxygen atoms in total. The summed E-state index contributed by atoms with van der Waals surface area (Å²) >= 11 is 3.78. The van der Waals surface area contributed by atoms with Crippen molar-refractivity contribution in [2.75, 3.05) is 26.9 Å². The second-order valence-corrected chi connectivity index (χ2v) is 16.0. The van der Waals surface area contributed by atoms with Crippen LogP contribution in [0.3, 0.4) is 0 Å². The SMILES string of the molecule is C=CCCC(=O)N[C@@H](COC)[C@@H](OC(=O)[C@@H]1[C@H]2O[C@@]3(CC2Br)[C@H](C(=O)N(CC=C)C2CCCCC2)N([C@@H](CO)[C@@H](C)CC)C(=O)[C@@H]13)c1ccccc1. The number of alkyl halides is 1. The fourth-order valence-corrected chi connectivity index (χ4v) is 9.96. The average Bonchev–Trinajstić information content (AvgIpc) is 3.75. The van der Waals surface area contributed by atoms with Crippen LogP contribution >= 0.6 is 15.9 Å². The summed E-state index contributed by atoms with van der Waals surface area (Å²) in [6.45, 7) is 11.6. The number of halogens is 1. The molecule has 3 heterocycles. The van der Waals surface area contributed by atoms with Crippen molar-refractivity contribution < 1.29 is 38.5 Å². The van der Waals surface area contributed by atoms with Crippen LogP contribution in [0.5, 0.6) is 0 Å². The van der Waals surface area contributed by atoms with E-state index in [0.29, 0.717) is 31.4 Å². The molecular weight excluding hydrogens is 730 g/mol. The van der Waals surface area contributed by atoms with E-state index in [9.17, 15) is 19.5 Å². The number of likely N-dealkylation sites (tertiary alicyclic amines) is 1. The molecule has 12 heteroatoms. The van der Waals surface area contributed by atoms with Crippen molar-refractivity contribution in [3.05, 3.63) is 61.2 Å². The van der Waals surface area contributed by atoms with Gasteiger partial charge in [-0.2, -0.15) is 0 Å². The van der Waals surface area contributed by atoms with Crippen LogP contribution in [-0.2, 0) is 33.4 Å². The monoisotopic (exact) mass is 785 g/mol. The van der Waals surface area contributed by atoms with Crippen LogP contribution in [0.4, 0.5) is 0 Å². The van der Waals surface area contributed by atoms with Gasteiger partial charge in [0.25, 0.3) is 0 Å². The molecule has 1 saturated carbocycles. The van der Waals surface area contributed by atoms with E-state index in [1.165, 1.54) is 7.11 Å². The first-order valence-electron chi connectivity index (χ1n) is 18.9. The number of esters is 1. The number of carbonyl (C=O) groups excluding carboxylic acids is 4. The molecule has 1 aliphatic carbocycles. The van der Waals surface area contributed by atoms with Crippen molar-refractivity contribution in [1.82, 2.24) is 15.1 Å². The number of aliphatic hydroxyl groups is 1. The van der Waals surface area contributed by atoms with E-state index in [1.807, 2.05) is 49.1 Å². The summed E-state index contributed by atoms with van der Waals surface area (Å²) in [5.41, 5.74) is -0.674. The van der Waals surface area contributed by atoms with Crippen LogP contribution in [0.15, 0.2) is 55.6 Å². The van der Waals surface area contributed by atoms with Gasteiger partial charge in [0, 0.05) is 30.9 Å². The zero-order valence-electron chi connectivity index (χ0n) is 30.8. The molecule has 5 rings (SSSR count). The molecule has 0 radical (unpaired) electrons. The molecule has 10 atom stereocenters. The topological polar surface area (TPSA) is 135 Å². The Hall–Kier alpha value is -3.06. The first-order valence-corrected chi connectivity index (χ1v) is 19.8. The maximum Gasteiger partial charge on any atom is 0.313 e. The molecule has 3 saturated heterocycles. The van der Waals surface area contributed by atoms with Gasteiger partial charge in [0.15, 0.2) is 0 Å². The van der Waals surface area contributed by atoms with Gasteiger partial charge in [-0.05, 0) is 37.2 Å². The van der Waals surface area contributed by atoms with Gasteiger partial charge >= 0.3 is 5.97 Å². The maximum atomic E-state index is 15.1. The van der Waals surface area contributed by atoms with Gasteiger partial charge in [-0.3, -0.25) is 19.2 Å². The number of carbonyl (C=O) groups is 4. The van der Waals surface area contributed by atoms with Crippen molar-refractivity contribution in [3.63, 3.8) is 0 Å². The van der Waals surface area contributed by atoms with Gasteiger partial charge in [0.1, 0.15) is 17.7 Å². The van der Waals surface area contributed by atoms with Crippen LogP contribution < -0.4 is 5.32 Å². The smallest absolute Gasteiger partial charge is 0.313 e. The lowest BCUT2D eigenvalue weighted by Crippen LogP contribution is -2.61. The first-order chi connectivity index (χ1) is 25.1. The zero-order valence-corrected chi connectivity index (χ0v) is 32.4. The van der Waals surface area contributed by atoms with Crippen molar-refractivity contribution >= 4 is 39.6 Å². The number of amides is 3. The Bertz CT molecular complexity index is 1440. The van der Waals surface area contributed by atoms with E-state index in [0.717, 1.165) is 32.1 Å². The molecule has 1 aromatic rings. The molecule has 3 amide bonds. The van der Waals surface area contributed by atoms with Crippen molar-refractivity contribution in [2.45, 2.75) is 118 Å². The Labute approximate surface area is 316 Å². The predicted octanol–water partition coefficient (Wildman–Crippen LogP) is 4.87. The van der Waals surface area contributed by atoms with Crippen LogP contribution in [-0.4, -0.2) is 106 Å². The molecule has 52 heavy (non-hydrogen) atoms. The molecule has 1 spiro atoms. The van der Waals surface area contributed by atoms with Gasteiger partial charge in [0.05, 0.1) is 43.2 Å². The summed E-state index contributed by atoms with van der Waals surface area (Å²) < 4.78 is 18.7. The summed E-state index contributed by atoms with van der Waals surface area (Å²) in [4.78, 5) is 60.7. The summed E-state index contributed by atoms with van der Waals surface area (Å²) in [6, 6.07) is 6.68. The number of methoxy groups -OCH3 is 1. The largest absolute Gasteiger partial charge is 0.455 e. The van der Waals surface area contributed by atoms with Gasteiger partial charge < -0.3 is 34.4 Å². The lowest BCUT2D eigenvalue weighted by atomic mass is 9.70. The highest BCUT2D eigenvalue weighted by molar-refractivity contribution is 9.09. The van der Waals surface area contributed by atoms with Crippen molar-refractivity contribution in [3.8, 4) is 0 Å². The number of hydrogen-bond acceptors (Lipinski definition) is 8.